The molecule has 1 saturated carbocycles. The molecule has 5 rings (SSSR count). The van der Waals surface area contributed by atoms with E-state index in [-0.39, 0.29) is 12.6 Å². The molecule has 4 heteroatoms. The lowest BCUT2D eigenvalue weighted by atomic mass is 9.87. The van der Waals surface area contributed by atoms with Gasteiger partial charge < -0.3 is 14.2 Å². The third-order valence-electron chi connectivity index (χ3n) is 6.73. The number of carbonyl (C=O) groups excluding carboxylic acids is 1. The van der Waals surface area contributed by atoms with Gasteiger partial charge in [0.05, 0.1) is 12.5 Å². The smallest absolute Gasteiger partial charge is 0.231 e. The number of rotatable bonds is 7. The minimum Gasteiger partial charge on any atom is -0.496 e. The monoisotopic (exact) mass is 428 g/mol. The maximum Gasteiger partial charge on any atom is 0.231 e. The van der Waals surface area contributed by atoms with E-state index in [1.807, 2.05) is 30.3 Å². The van der Waals surface area contributed by atoms with Crippen LogP contribution in [0.1, 0.15) is 49.3 Å². The molecule has 0 amide bonds. The zero-order chi connectivity index (χ0) is 22.3. The van der Waals surface area contributed by atoms with Gasteiger partial charge in [-0.25, -0.2) is 0 Å². The molecule has 164 valence electrons. The Morgan fingerprint density at radius 2 is 1.72 bits per heavy atom. The van der Waals surface area contributed by atoms with Crippen LogP contribution < -0.4 is 14.2 Å². The molecule has 2 aliphatic rings. The van der Waals surface area contributed by atoms with Gasteiger partial charge in [0.25, 0.3) is 0 Å². The number of hydrogen-bond acceptors (Lipinski definition) is 4. The van der Waals surface area contributed by atoms with Crippen molar-refractivity contribution < 1.29 is 19.0 Å². The third-order valence-corrected chi connectivity index (χ3v) is 6.73. The van der Waals surface area contributed by atoms with E-state index < -0.39 is 5.41 Å². The second-order valence-corrected chi connectivity index (χ2v) is 9.06. The van der Waals surface area contributed by atoms with E-state index in [0.29, 0.717) is 12.3 Å². The van der Waals surface area contributed by atoms with Crippen LogP contribution in [0.15, 0.2) is 60.7 Å². The van der Waals surface area contributed by atoms with Crippen molar-refractivity contribution in [1.82, 2.24) is 0 Å². The van der Waals surface area contributed by atoms with Crippen molar-refractivity contribution in [3.63, 3.8) is 0 Å². The Morgan fingerprint density at radius 1 is 0.969 bits per heavy atom. The Morgan fingerprint density at radius 3 is 2.41 bits per heavy atom. The Labute approximate surface area is 189 Å². The molecule has 3 aromatic carbocycles. The average molecular weight is 429 g/mol. The molecule has 1 heterocycles. The molecule has 3 aromatic rings. The third kappa shape index (κ3) is 3.64. The highest BCUT2D eigenvalue weighted by Crippen LogP contribution is 2.51. The van der Waals surface area contributed by atoms with Gasteiger partial charge in [-0.2, -0.15) is 0 Å². The first-order valence-corrected chi connectivity index (χ1v) is 11.2. The summed E-state index contributed by atoms with van der Waals surface area (Å²) in [6, 6.07) is 20.5. The fraction of sp³-hybridized carbons (Fsp3) is 0.321. The van der Waals surface area contributed by atoms with Gasteiger partial charge in [0, 0.05) is 12.0 Å². The molecule has 4 nitrogen and oxygen atoms in total. The van der Waals surface area contributed by atoms with Gasteiger partial charge in [-0.05, 0) is 65.3 Å². The van der Waals surface area contributed by atoms with Crippen LogP contribution in [-0.2, 0) is 16.6 Å². The van der Waals surface area contributed by atoms with Crippen LogP contribution in [0.25, 0.3) is 11.1 Å². The predicted molar refractivity (Wildman–Crippen MR) is 125 cm³/mol. The molecule has 1 fully saturated rings. The SMILES string of the molecule is COc1ccc(CC(=O)C2(c3ccc4c(c3)OCO4)CC2)cc1-c1ccc(C(C)C)cc1. The van der Waals surface area contributed by atoms with Gasteiger partial charge in [0.2, 0.25) is 6.79 Å². The van der Waals surface area contributed by atoms with Crippen molar-refractivity contribution in [3.05, 3.63) is 77.4 Å². The largest absolute Gasteiger partial charge is 0.496 e. The molecule has 1 aliphatic carbocycles. The molecule has 0 unspecified atom stereocenters. The van der Waals surface area contributed by atoms with E-state index in [1.54, 1.807) is 7.11 Å². The van der Waals surface area contributed by atoms with Gasteiger partial charge in [-0.1, -0.05) is 50.2 Å². The average Bonchev–Trinajstić information content (AvgIpc) is 3.50. The van der Waals surface area contributed by atoms with Crippen LogP contribution in [0.3, 0.4) is 0 Å². The van der Waals surface area contributed by atoms with Crippen LogP contribution >= 0.6 is 0 Å². The summed E-state index contributed by atoms with van der Waals surface area (Å²) in [5, 5.41) is 0. The highest BCUT2D eigenvalue weighted by atomic mass is 16.7. The molecule has 0 bridgehead atoms. The molecular formula is C28H28O4. The van der Waals surface area contributed by atoms with Crippen LogP contribution in [-0.4, -0.2) is 19.7 Å². The normalized spacial score (nSPS) is 15.6. The Balaban J connectivity index is 1.41. The van der Waals surface area contributed by atoms with E-state index in [4.69, 9.17) is 14.2 Å². The summed E-state index contributed by atoms with van der Waals surface area (Å²) in [7, 11) is 1.69. The number of benzene rings is 3. The maximum atomic E-state index is 13.4. The van der Waals surface area contributed by atoms with E-state index in [9.17, 15) is 4.79 Å². The van der Waals surface area contributed by atoms with Crippen LogP contribution in [0.2, 0.25) is 0 Å². The fourth-order valence-corrected chi connectivity index (χ4v) is 4.54. The summed E-state index contributed by atoms with van der Waals surface area (Å²) in [4.78, 5) is 13.4. The lowest BCUT2D eigenvalue weighted by molar-refractivity contribution is -0.120. The highest BCUT2D eigenvalue weighted by molar-refractivity contribution is 5.95. The molecule has 1 aliphatic heterocycles. The summed E-state index contributed by atoms with van der Waals surface area (Å²) in [6.45, 7) is 4.62. The first-order valence-electron chi connectivity index (χ1n) is 11.2. The Hall–Kier alpha value is -3.27. The molecule has 0 N–H and O–H groups in total. The highest BCUT2D eigenvalue weighted by Gasteiger charge is 2.50. The van der Waals surface area contributed by atoms with Gasteiger partial charge in [-0.15, -0.1) is 0 Å². The van der Waals surface area contributed by atoms with Crippen molar-refractivity contribution in [3.8, 4) is 28.4 Å². The Kier molecular flexibility index (Phi) is 5.16. The number of fused-ring (bicyclic) bond motifs is 1. The number of ketones is 1. The summed E-state index contributed by atoms with van der Waals surface area (Å²) in [6.07, 6.45) is 2.16. The van der Waals surface area contributed by atoms with Crippen LogP contribution in [0, 0.1) is 0 Å². The number of Topliss-reactive ketones (excluding diaryl/α,β-unsaturated/α-hetero) is 1. The molecular weight excluding hydrogens is 400 g/mol. The number of methoxy groups -OCH3 is 1. The quantitative estimate of drug-likeness (QED) is 0.459. The van der Waals surface area contributed by atoms with Crippen molar-refractivity contribution in [1.29, 1.82) is 0 Å². The standard InChI is InChI=1S/C28H28O4/c1-18(2)20-5-7-21(8-6-20)23-14-19(4-10-24(23)30-3)15-27(29)28(12-13-28)22-9-11-25-26(16-22)32-17-31-25/h4-11,14,16,18H,12-13,15,17H2,1-3H3. The van der Waals surface area contributed by atoms with Crippen molar-refractivity contribution in [2.75, 3.05) is 13.9 Å². The van der Waals surface area contributed by atoms with E-state index in [0.717, 1.165) is 52.3 Å². The maximum absolute atomic E-state index is 13.4. The van der Waals surface area contributed by atoms with Gasteiger partial charge in [0.15, 0.2) is 11.5 Å². The van der Waals surface area contributed by atoms with Crippen molar-refractivity contribution in [2.45, 2.75) is 44.4 Å². The minimum atomic E-state index is -0.403. The minimum absolute atomic E-state index is 0.243. The number of ether oxygens (including phenoxy) is 3. The van der Waals surface area contributed by atoms with Crippen molar-refractivity contribution in [2.24, 2.45) is 0 Å². The lowest BCUT2D eigenvalue weighted by Crippen LogP contribution is -2.22. The van der Waals surface area contributed by atoms with Crippen LogP contribution in [0.5, 0.6) is 17.2 Å². The molecule has 0 saturated heterocycles. The van der Waals surface area contributed by atoms with Gasteiger partial charge in [0.1, 0.15) is 11.5 Å². The molecule has 32 heavy (non-hydrogen) atoms. The molecule has 0 radical (unpaired) electrons. The zero-order valence-corrected chi connectivity index (χ0v) is 18.8. The molecule has 0 atom stereocenters. The second-order valence-electron chi connectivity index (χ2n) is 9.06. The van der Waals surface area contributed by atoms with Crippen LogP contribution in [0.4, 0.5) is 0 Å². The van der Waals surface area contributed by atoms with Crippen molar-refractivity contribution >= 4 is 5.78 Å². The summed E-state index contributed by atoms with van der Waals surface area (Å²) in [5.41, 5.74) is 5.05. The number of hydrogen-bond donors (Lipinski definition) is 0. The molecule has 0 spiro atoms. The predicted octanol–water partition coefficient (Wildman–Crippen LogP) is 6.06. The zero-order valence-electron chi connectivity index (χ0n) is 18.8. The topological polar surface area (TPSA) is 44.8 Å². The Bertz CT molecular complexity index is 1160. The number of carbonyl (C=O) groups is 1. The van der Waals surface area contributed by atoms with Gasteiger partial charge >= 0.3 is 0 Å². The first kappa shape index (κ1) is 20.6. The first-order chi connectivity index (χ1) is 15.5. The summed E-state index contributed by atoms with van der Waals surface area (Å²) in [5.74, 6) is 3.04. The fourth-order valence-electron chi connectivity index (χ4n) is 4.54. The molecule has 0 aromatic heterocycles. The van der Waals surface area contributed by atoms with E-state index >= 15 is 0 Å². The van der Waals surface area contributed by atoms with Gasteiger partial charge in [-0.3, -0.25) is 4.79 Å². The van der Waals surface area contributed by atoms with E-state index in [1.165, 1.54) is 5.56 Å². The summed E-state index contributed by atoms with van der Waals surface area (Å²) < 4.78 is 16.6. The summed E-state index contributed by atoms with van der Waals surface area (Å²) >= 11 is 0. The van der Waals surface area contributed by atoms with E-state index in [2.05, 4.69) is 44.2 Å². The second kappa shape index (κ2) is 8.01. The lowest BCUT2D eigenvalue weighted by Gasteiger charge is -2.16.